The van der Waals surface area contributed by atoms with E-state index in [0.717, 1.165) is 50.1 Å². The Kier molecular flexibility index (Phi) is 5.20. The van der Waals surface area contributed by atoms with E-state index >= 15 is 0 Å². The first-order valence-electron chi connectivity index (χ1n) is 14.2. The highest BCUT2D eigenvalue weighted by molar-refractivity contribution is 6.09. The first kappa shape index (κ1) is 23.8. The van der Waals surface area contributed by atoms with E-state index in [4.69, 9.17) is 4.42 Å². The van der Waals surface area contributed by atoms with E-state index in [-0.39, 0.29) is 5.41 Å². The van der Waals surface area contributed by atoms with Gasteiger partial charge in [0.2, 0.25) is 0 Å². The van der Waals surface area contributed by atoms with Gasteiger partial charge in [-0.1, -0.05) is 111 Å². The second-order valence-corrected chi connectivity index (χ2v) is 11.4. The normalized spacial score (nSPS) is 13.3. The number of nitrogens with zero attached hydrogens (tertiary/aromatic N) is 1. The van der Waals surface area contributed by atoms with Crippen LogP contribution in [-0.4, -0.2) is 0 Å². The number of hydrogen-bond donors (Lipinski definition) is 0. The molecule has 41 heavy (non-hydrogen) atoms. The molecule has 0 N–H and O–H groups in total. The van der Waals surface area contributed by atoms with Crippen molar-refractivity contribution in [3.63, 3.8) is 0 Å². The van der Waals surface area contributed by atoms with Gasteiger partial charge in [0.1, 0.15) is 11.2 Å². The van der Waals surface area contributed by atoms with Crippen molar-refractivity contribution in [2.45, 2.75) is 19.3 Å². The number of hydrogen-bond acceptors (Lipinski definition) is 2. The molecule has 1 aliphatic carbocycles. The first-order chi connectivity index (χ1) is 20.1. The maximum atomic E-state index is 6.33. The number of benzene rings is 6. The highest BCUT2D eigenvalue weighted by atomic mass is 16.3. The monoisotopic (exact) mass is 527 g/mol. The van der Waals surface area contributed by atoms with E-state index in [9.17, 15) is 0 Å². The topological polar surface area (TPSA) is 16.4 Å². The lowest BCUT2D eigenvalue weighted by atomic mass is 9.82. The van der Waals surface area contributed by atoms with Crippen molar-refractivity contribution in [1.82, 2.24) is 0 Å². The third-order valence-corrected chi connectivity index (χ3v) is 8.68. The second-order valence-electron chi connectivity index (χ2n) is 11.4. The fourth-order valence-corrected chi connectivity index (χ4v) is 6.62. The smallest absolute Gasteiger partial charge is 0.143 e. The van der Waals surface area contributed by atoms with E-state index in [1.807, 2.05) is 12.1 Å². The zero-order chi connectivity index (χ0) is 27.6. The van der Waals surface area contributed by atoms with Gasteiger partial charge in [-0.2, -0.15) is 0 Å². The Morgan fingerprint density at radius 2 is 1.12 bits per heavy atom. The summed E-state index contributed by atoms with van der Waals surface area (Å²) < 4.78 is 6.33. The Bertz CT molecular complexity index is 2070. The van der Waals surface area contributed by atoms with E-state index in [1.165, 1.54) is 22.3 Å². The van der Waals surface area contributed by atoms with Crippen LogP contribution < -0.4 is 4.90 Å². The van der Waals surface area contributed by atoms with E-state index in [1.54, 1.807) is 0 Å². The molecular formula is C39H29NO. The van der Waals surface area contributed by atoms with Gasteiger partial charge in [0, 0.05) is 38.8 Å². The summed E-state index contributed by atoms with van der Waals surface area (Å²) in [6.07, 6.45) is 0. The van der Waals surface area contributed by atoms with Gasteiger partial charge >= 0.3 is 0 Å². The minimum atomic E-state index is -0.0561. The molecule has 0 aliphatic heterocycles. The number of rotatable bonds is 4. The van der Waals surface area contributed by atoms with E-state index in [2.05, 4.69) is 146 Å². The molecule has 0 saturated heterocycles. The zero-order valence-corrected chi connectivity index (χ0v) is 23.1. The fraction of sp³-hybridized carbons (Fsp3) is 0.0769. The lowest BCUT2D eigenvalue weighted by Crippen LogP contribution is -2.16. The van der Waals surface area contributed by atoms with Crippen molar-refractivity contribution >= 4 is 39.0 Å². The molecule has 196 valence electrons. The molecule has 0 saturated carbocycles. The van der Waals surface area contributed by atoms with Crippen LogP contribution in [0.1, 0.15) is 25.0 Å². The summed E-state index contributed by atoms with van der Waals surface area (Å²) in [4.78, 5) is 2.35. The average molecular weight is 528 g/mol. The first-order valence-corrected chi connectivity index (χ1v) is 14.2. The van der Waals surface area contributed by atoms with Crippen LogP contribution in [0.15, 0.2) is 144 Å². The summed E-state index contributed by atoms with van der Waals surface area (Å²) in [6.45, 7) is 4.67. The lowest BCUT2D eigenvalue weighted by molar-refractivity contribution is 0.660. The van der Waals surface area contributed by atoms with Crippen LogP contribution in [0.4, 0.5) is 17.1 Å². The van der Waals surface area contributed by atoms with Crippen LogP contribution >= 0.6 is 0 Å². The van der Waals surface area contributed by atoms with Crippen LogP contribution in [0.2, 0.25) is 0 Å². The number of para-hydroxylation sites is 3. The van der Waals surface area contributed by atoms with Crippen LogP contribution in [0.3, 0.4) is 0 Å². The summed E-state index contributed by atoms with van der Waals surface area (Å²) in [6, 6.07) is 49.9. The zero-order valence-electron chi connectivity index (χ0n) is 23.1. The Balaban J connectivity index is 1.24. The van der Waals surface area contributed by atoms with Crippen LogP contribution in [0.5, 0.6) is 0 Å². The van der Waals surface area contributed by atoms with Gasteiger partial charge in [-0.25, -0.2) is 0 Å². The molecule has 2 nitrogen and oxygen atoms in total. The standard InChI is InChI=1S/C39H29NO/c1-39(2)35-17-8-6-13-31(35)32-24-23-29(25-36(32)39)40(27-11-4-3-5-12-27)28-21-19-26(20-22-28)30-15-10-16-34-33-14-7-9-18-37(33)41-38(30)34/h3-25H,1-2H3. The predicted molar refractivity (Wildman–Crippen MR) is 171 cm³/mol. The molecule has 0 fully saturated rings. The highest BCUT2D eigenvalue weighted by Crippen LogP contribution is 2.50. The third kappa shape index (κ3) is 3.64. The van der Waals surface area contributed by atoms with Crippen molar-refractivity contribution < 1.29 is 4.42 Å². The summed E-state index contributed by atoms with van der Waals surface area (Å²) in [7, 11) is 0. The Morgan fingerprint density at radius 3 is 1.98 bits per heavy atom. The van der Waals surface area contributed by atoms with Crippen molar-refractivity contribution in [2.24, 2.45) is 0 Å². The molecule has 0 atom stereocenters. The molecule has 8 rings (SSSR count). The quantitative estimate of drug-likeness (QED) is 0.226. The minimum Gasteiger partial charge on any atom is -0.455 e. The molecule has 7 aromatic rings. The van der Waals surface area contributed by atoms with Crippen LogP contribution in [-0.2, 0) is 5.41 Å². The predicted octanol–water partition coefficient (Wildman–Crippen LogP) is 11.0. The maximum absolute atomic E-state index is 6.33. The number of anilines is 3. The molecule has 0 unspecified atom stereocenters. The molecule has 1 aromatic heterocycles. The van der Waals surface area contributed by atoms with Gasteiger partial charge < -0.3 is 9.32 Å². The van der Waals surface area contributed by atoms with Gasteiger partial charge in [0.05, 0.1) is 0 Å². The fourth-order valence-electron chi connectivity index (χ4n) is 6.62. The van der Waals surface area contributed by atoms with Gasteiger partial charge in [0.15, 0.2) is 0 Å². The lowest BCUT2D eigenvalue weighted by Gasteiger charge is -2.28. The van der Waals surface area contributed by atoms with Gasteiger partial charge in [-0.15, -0.1) is 0 Å². The molecule has 2 heteroatoms. The summed E-state index contributed by atoms with van der Waals surface area (Å²) in [5.41, 5.74) is 12.9. The molecule has 0 radical (unpaired) electrons. The Morgan fingerprint density at radius 1 is 0.488 bits per heavy atom. The minimum absolute atomic E-state index is 0.0561. The Labute approximate surface area is 240 Å². The molecule has 6 aromatic carbocycles. The highest BCUT2D eigenvalue weighted by Gasteiger charge is 2.35. The molecule has 0 bridgehead atoms. The molecule has 1 heterocycles. The summed E-state index contributed by atoms with van der Waals surface area (Å²) in [5.74, 6) is 0. The molecule has 1 aliphatic rings. The van der Waals surface area contributed by atoms with E-state index in [0.29, 0.717) is 0 Å². The van der Waals surface area contributed by atoms with Crippen molar-refractivity contribution in [3.8, 4) is 22.3 Å². The molecule has 0 amide bonds. The maximum Gasteiger partial charge on any atom is 0.143 e. The van der Waals surface area contributed by atoms with Gasteiger partial charge in [-0.05, 0) is 70.3 Å². The second kappa shape index (κ2) is 8.97. The van der Waals surface area contributed by atoms with Crippen molar-refractivity contribution in [1.29, 1.82) is 0 Å². The summed E-state index contributed by atoms with van der Waals surface area (Å²) in [5, 5.41) is 2.30. The third-order valence-electron chi connectivity index (χ3n) is 8.68. The number of fused-ring (bicyclic) bond motifs is 6. The van der Waals surface area contributed by atoms with E-state index < -0.39 is 0 Å². The average Bonchev–Trinajstić information content (AvgIpc) is 3.51. The van der Waals surface area contributed by atoms with Crippen molar-refractivity contribution in [2.75, 3.05) is 4.90 Å². The van der Waals surface area contributed by atoms with Crippen LogP contribution in [0, 0.1) is 0 Å². The van der Waals surface area contributed by atoms with Gasteiger partial charge in [-0.3, -0.25) is 0 Å². The largest absolute Gasteiger partial charge is 0.455 e. The van der Waals surface area contributed by atoms with Crippen molar-refractivity contribution in [3.05, 3.63) is 151 Å². The number of furan rings is 1. The van der Waals surface area contributed by atoms with Gasteiger partial charge in [0.25, 0.3) is 0 Å². The van der Waals surface area contributed by atoms with Crippen LogP contribution in [0.25, 0.3) is 44.2 Å². The molecule has 0 spiro atoms. The molecular weight excluding hydrogens is 498 g/mol. The SMILES string of the molecule is CC1(C)c2ccccc2-c2ccc(N(c3ccccc3)c3ccc(-c4cccc5c4oc4ccccc45)cc3)cc21. The Hall–Kier alpha value is -5.08. The summed E-state index contributed by atoms with van der Waals surface area (Å²) >= 11 is 0.